The van der Waals surface area contributed by atoms with Crippen molar-refractivity contribution >= 4 is 11.0 Å². The minimum absolute atomic E-state index is 0.229. The zero-order valence-corrected chi connectivity index (χ0v) is 11.3. The first-order valence-corrected chi connectivity index (χ1v) is 6.75. The van der Waals surface area contributed by atoms with Gasteiger partial charge in [-0.2, -0.15) is 0 Å². The Morgan fingerprint density at radius 2 is 2.11 bits per heavy atom. The fraction of sp³-hybridized carbons (Fsp3) is 0.500. The van der Waals surface area contributed by atoms with Gasteiger partial charge in [-0.1, -0.05) is 6.92 Å². The molecule has 19 heavy (non-hydrogen) atoms. The molecule has 0 fully saturated rings. The third-order valence-corrected chi connectivity index (χ3v) is 3.51. The van der Waals surface area contributed by atoms with Gasteiger partial charge in [0.1, 0.15) is 5.82 Å². The zero-order chi connectivity index (χ0) is 13.4. The number of imidazole rings is 1. The lowest BCUT2D eigenvalue weighted by molar-refractivity contribution is 0.174. The zero-order valence-electron chi connectivity index (χ0n) is 11.3. The summed E-state index contributed by atoms with van der Waals surface area (Å²) in [6.45, 7) is 5.15. The predicted octanol–water partition coefficient (Wildman–Crippen LogP) is 2.24. The quantitative estimate of drug-likeness (QED) is 0.916. The molecule has 3 rings (SSSR count). The van der Waals surface area contributed by atoms with Crippen molar-refractivity contribution in [3.05, 3.63) is 18.0 Å². The molecule has 0 saturated heterocycles. The van der Waals surface area contributed by atoms with E-state index in [2.05, 4.69) is 18.4 Å². The highest BCUT2D eigenvalue weighted by molar-refractivity contribution is 5.81. The first-order valence-electron chi connectivity index (χ1n) is 6.75. The number of aryl methyl sites for hydroxylation is 1. The summed E-state index contributed by atoms with van der Waals surface area (Å²) in [5.41, 5.74) is 7.85. The average molecular weight is 261 g/mol. The van der Waals surface area contributed by atoms with Crippen molar-refractivity contribution in [3.8, 4) is 11.5 Å². The summed E-state index contributed by atoms with van der Waals surface area (Å²) in [7, 11) is 0. The van der Waals surface area contributed by atoms with E-state index in [-0.39, 0.29) is 12.8 Å². The van der Waals surface area contributed by atoms with E-state index in [1.165, 1.54) is 0 Å². The number of ether oxygens (including phenoxy) is 2. The molecule has 1 aromatic heterocycles. The second-order valence-electron chi connectivity index (χ2n) is 4.93. The van der Waals surface area contributed by atoms with Crippen molar-refractivity contribution in [1.82, 2.24) is 9.55 Å². The third-order valence-electron chi connectivity index (χ3n) is 3.51. The Kier molecular flexibility index (Phi) is 3.06. The molecule has 1 atom stereocenters. The Hall–Kier alpha value is -1.75. The van der Waals surface area contributed by atoms with Crippen molar-refractivity contribution in [2.75, 3.05) is 13.3 Å². The van der Waals surface area contributed by atoms with Crippen LogP contribution in [-0.2, 0) is 6.42 Å². The monoisotopic (exact) mass is 261 g/mol. The van der Waals surface area contributed by atoms with E-state index in [0.717, 1.165) is 41.2 Å². The maximum absolute atomic E-state index is 5.83. The molecule has 0 aliphatic carbocycles. The molecule has 5 nitrogen and oxygen atoms in total. The Labute approximate surface area is 112 Å². The summed E-state index contributed by atoms with van der Waals surface area (Å²) < 4.78 is 13.1. The first kappa shape index (κ1) is 12.3. The predicted molar refractivity (Wildman–Crippen MR) is 73.6 cm³/mol. The maximum Gasteiger partial charge on any atom is 0.231 e. The molecule has 0 amide bonds. The Morgan fingerprint density at radius 3 is 2.79 bits per heavy atom. The number of rotatable bonds is 4. The highest BCUT2D eigenvalue weighted by atomic mass is 16.7. The van der Waals surface area contributed by atoms with Gasteiger partial charge in [0.05, 0.1) is 11.0 Å². The van der Waals surface area contributed by atoms with Gasteiger partial charge in [-0.15, -0.1) is 0 Å². The summed E-state index contributed by atoms with van der Waals surface area (Å²) in [5.74, 6) is 2.65. The van der Waals surface area contributed by atoms with Gasteiger partial charge in [0.25, 0.3) is 0 Å². The lowest BCUT2D eigenvalue weighted by Crippen LogP contribution is -2.18. The second kappa shape index (κ2) is 4.74. The number of fused-ring (bicyclic) bond motifs is 2. The highest BCUT2D eigenvalue weighted by Gasteiger charge is 2.20. The van der Waals surface area contributed by atoms with Crippen molar-refractivity contribution < 1.29 is 9.47 Å². The van der Waals surface area contributed by atoms with E-state index in [1.54, 1.807) is 0 Å². The average Bonchev–Trinajstić information content (AvgIpc) is 2.98. The molecule has 102 valence electrons. The SMILES string of the molecule is CCCc1nc2cc3c(cc2n1C(C)CN)OCO3. The molecule has 2 N–H and O–H groups in total. The lowest BCUT2D eigenvalue weighted by atomic mass is 10.2. The van der Waals surface area contributed by atoms with Crippen LogP contribution in [0.5, 0.6) is 11.5 Å². The van der Waals surface area contributed by atoms with E-state index >= 15 is 0 Å². The van der Waals surface area contributed by atoms with Gasteiger partial charge >= 0.3 is 0 Å². The van der Waals surface area contributed by atoms with Crippen LogP contribution in [-0.4, -0.2) is 22.9 Å². The molecule has 5 heteroatoms. The molecule has 1 aliphatic heterocycles. The molecule has 1 unspecified atom stereocenters. The van der Waals surface area contributed by atoms with Crippen LogP contribution in [0, 0.1) is 0 Å². The van der Waals surface area contributed by atoms with Crippen LogP contribution >= 0.6 is 0 Å². The van der Waals surface area contributed by atoms with Gasteiger partial charge in [-0.3, -0.25) is 0 Å². The molecule has 1 aliphatic rings. The number of aromatic nitrogens is 2. The van der Waals surface area contributed by atoms with Crippen LogP contribution < -0.4 is 15.2 Å². The van der Waals surface area contributed by atoms with Crippen LogP contribution in [0.15, 0.2) is 12.1 Å². The third kappa shape index (κ3) is 1.94. The smallest absolute Gasteiger partial charge is 0.231 e. The normalized spacial score (nSPS) is 15.1. The molecule has 0 spiro atoms. The molecular weight excluding hydrogens is 242 g/mol. The molecule has 1 aromatic carbocycles. The van der Waals surface area contributed by atoms with E-state index in [1.807, 2.05) is 12.1 Å². The molecule has 0 bridgehead atoms. The van der Waals surface area contributed by atoms with Gasteiger partial charge in [-0.05, 0) is 13.3 Å². The van der Waals surface area contributed by atoms with Crippen molar-refractivity contribution in [3.63, 3.8) is 0 Å². The van der Waals surface area contributed by atoms with Crippen molar-refractivity contribution in [2.45, 2.75) is 32.7 Å². The summed E-state index contributed by atoms with van der Waals surface area (Å²) in [4.78, 5) is 4.72. The summed E-state index contributed by atoms with van der Waals surface area (Å²) in [6.07, 6.45) is 2.01. The number of nitrogens with two attached hydrogens (primary N) is 1. The van der Waals surface area contributed by atoms with Gasteiger partial charge in [0, 0.05) is 31.1 Å². The van der Waals surface area contributed by atoms with Gasteiger partial charge in [0.2, 0.25) is 6.79 Å². The standard InChI is InChI=1S/C14H19N3O2/c1-3-4-14-16-10-5-12-13(19-8-18-12)6-11(10)17(14)9(2)7-15/h5-6,9H,3-4,7-8,15H2,1-2H3. The molecule has 0 radical (unpaired) electrons. The van der Waals surface area contributed by atoms with Crippen LogP contribution in [0.25, 0.3) is 11.0 Å². The lowest BCUT2D eigenvalue weighted by Gasteiger charge is -2.15. The minimum atomic E-state index is 0.229. The number of benzene rings is 1. The minimum Gasteiger partial charge on any atom is -0.454 e. The van der Waals surface area contributed by atoms with Gasteiger partial charge in [-0.25, -0.2) is 4.98 Å². The Morgan fingerprint density at radius 1 is 1.37 bits per heavy atom. The highest BCUT2D eigenvalue weighted by Crippen LogP contribution is 2.37. The van der Waals surface area contributed by atoms with E-state index in [9.17, 15) is 0 Å². The number of nitrogens with zero attached hydrogens (tertiary/aromatic N) is 2. The van der Waals surface area contributed by atoms with E-state index in [0.29, 0.717) is 6.54 Å². The number of hydrogen-bond acceptors (Lipinski definition) is 4. The van der Waals surface area contributed by atoms with Crippen LogP contribution in [0.3, 0.4) is 0 Å². The van der Waals surface area contributed by atoms with Gasteiger partial charge in [0.15, 0.2) is 11.5 Å². The second-order valence-corrected chi connectivity index (χ2v) is 4.93. The topological polar surface area (TPSA) is 62.3 Å². The summed E-state index contributed by atoms with van der Waals surface area (Å²) in [6, 6.07) is 4.19. The fourth-order valence-corrected chi connectivity index (χ4v) is 2.53. The molecule has 2 heterocycles. The molecule has 2 aromatic rings. The Bertz CT molecular complexity index is 606. The largest absolute Gasteiger partial charge is 0.454 e. The Balaban J connectivity index is 2.20. The van der Waals surface area contributed by atoms with Crippen molar-refractivity contribution in [1.29, 1.82) is 0 Å². The number of hydrogen-bond donors (Lipinski definition) is 1. The first-order chi connectivity index (χ1) is 9.24. The van der Waals surface area contributed by atoms with Crippen LogP contribution in [0.4, 0.5) is 0 Å². The van der Waals surface area contributed by atoms with E-state index < -0.39 is 0 Å². The van der Waals surface area contributed by atoms with Crippen molar-refractivity contribution in [2.24, 2.45) is 5.73 Å². The van der Waals surface area contributed by atoms with Crippen LogP contribution in [0.2, 0.25) is 0 Å². The molecular formula is C14H19N3O2. The van der Waals surface area contributed by atoms with Gasteiger partial charge < -0.3 is 19.8 Å². The fourth-order valence-electron chi connectivity index (χ4n) is 2.53. The maximum atomic E-state index is 5.83. The molecule has 0 saturated carbocycles. The van der Waals surface area contributed by atoms with Crippen LogP contribution in [0.1, 0.15) is 32.1 Å². The summed E-state index contributed by atoms with van der Waals surface area (Å²) in [5, 5.41) is 0. The summed E-state index contributed by atoms with van der Waals surface area (Å²) >= 11 is 0. The van der Waals surface area contributed by atoms with E-state index in [4.69, 9.17) is 20.2 Å².